The van der Waals surface area contributed by atoms with E-state index in [4.69, 9.17) is 19.9 Å². The lowest BCUT2D eigenvalue weighted by Crippen LogP contribution is -2.25. The standard InChI is InChI=1S/C48H38N4/c1-29-27-38(21-23-40(29)42-25-19-35-17-15-33-13-11-31(3)49-44(33)46(35)51-42)48(5,37-9-7-6-8-10-37)39-22-24-41(30(2)28-39)43-26-20-36-18-16-34-14-12-32(4)50-45(34)47(36)52-43/h6-28H,1-5H3. The minimum absolute atomic E-state index is 0.406. The summed E-state index contributed by atoms with van der Waals surface area (Å²) in [6.07, 6.45) is 0. The second kappa shape index (κ2) is 12.2. The highest BCUT2D eigenvalue weighted by atomic mass is 14.8. The normalized spacial score (nSPS) is 11.9. The molecule has 0 fully saturated rings. The van der Waals surface area contributed by atoms with E-state index >= 15 is 0 Å². The average molecular weight is 671 g/mol. The molecule has 0 aliphatic rings. The highest BCUT2D eigenvalue weighted by Gasteiger charge is 2.32. The Morgan fingerprint density at radius 2 is 0.750 bits per heavy atom. The number of rotatable bonds is 5. The molecule has 0 aliphatic carbocycles. The third-order valence-corrected chi connectivity index (χ3v) is 10.8. The fourth-order valence-electron chi connectivity index (χ4n) is 7.83. The summed E-state index contributed by atoms with van der Waals surface area (Å²) in [7, 11) is 0. The van der Waals surface area contributed by atoms with Crippen molar-refractivity contribution in [2.45, 2.75) is 40.0 Å². The molecule has 0 bridgehead atoms. The van der Waals surface area contributed by atoms with E-state index in [2.05, 4.69) is 160 Å². The zero-order chi connectivity index (χ0) is 35.6. The summed E-state index contributed by atoms with van der Waals surface area (Å²) >= 11 is 0. The van der Waals surface area contributed by atoms with Gasteiger partial charge in [0, 0.05) is 49.5 Å². The molecule has 4 heteroatoms. The summed E-state index contributed by atoms with van der Waals surface area (Å²) in [6.45, 7) is 10.8. The summed E-state index contributed by atoms with van der Waals surface area (Å²) in [4.78, 5) is 20.1. The van der Waals surface area contributed by atoms with Gasteiger partial charge in [0.1, 0.15) is 0 Å². The first-order valence-corrected chi connectivity index (χ1v) is 17.9. The lowest BCUT2D eigenvalue weighted by atomic mass is 9.70. The third kappa shape index (κ3) is 5.22. The Bertz CT molecular complexity index is 2680. The number of hydrogen-bond acceptors (Lipinski definition) is 4. The maximum absolute atomic E-state index is 5.20. The van der Waals surface area contributed by atoms with Gasteiger partial charge in [-0.05, 0) is 86.7 Å². The van der Waals surface area contributed by atoms with Crippen LogP contribution >= 0.6 is 0 Å². The summed E-state index contributed by atoms with van der Waals surface area (Å²) < 4.78 is 0. The fraction of sp³-hybridized carbons (Fsp3) is 0.125. The summed E-state index contributed by atoms with van der Waals surface area (Å²) in [5, 5.41) is 4.40. The highest BCUT2D eigenvalue weighted by molar-refractivity contribution is 6.04. The molecule has 0 saturated heterocycles. The van der Waals surface area contributed by atoms with Crippen molar-refractivity contribution in [3.05, 3.63) is 179 Å². The minimum atomic E-state index is -0.406. The van der Waals surface area contributed by atoms with Crippen LogP contribution in [0.4, 0.5) is 0 Å². The van der Waals surface area contributed by atoms with Crippen LogP contribution in [0.3, 0.4) is 0 Å². The first kappa shape index (κ1) is 31.7. The van der Waals surface area contributed by atoms with Crippen LogP contribution < -0.4 is 0 Å². The van der Waals surface area contributed by atoms with Crippen LogP contribution in [0.25, 0.3) is 66.1 Å². The average Bonchev–Trinajstić information content (AvgIpc) is 3.17. The second-order valence-electron chi connectivity index (χ2n) is 14.3. The van der Waals surface area contributed by atoms with Gasteiger partial charge in [0.05, 0.1) is 33.5 Å². The number of hydrogen-bond donors (Lipinski definition) is 0. The van der Waals surface area contributed by atoms with Gasteiger partial charge >= 0.3 is 0 Å². The molecular weight excluding hydrogens is 633 g/mol. The van der Waals surface area contributed by atoms with Gasteiger partial charge in [-0.2, -0.15) is 0 Å². The quantitative estimate of drug-likeness (QED) is 0.135. The Morgan fingerprint density at radius 1 is 0.365 bits per heavy atom. The van der Waals surface area contributed by atoms with Gasteiger partial charge in [-0.15, -0.1) is 0 Å². The molecule has 0 N–H and O–H groups in total. The molecule has 4 nitrogen and oxygen atoms in total. The molecule has 52 heavy (non-hydrogen) atoms. The molecule has 9 aromatic rings. The molecule has 4 aromatic heterocycles. The monoisotopic (exact) mass is 670 g/mol. The third-order valence-electron chi connectivity index (χ3n) is 10.8. The summed E-state index contributed by atoms with van der Waals surface area (Å²) in [6, 6.07) is 50.0. The largest absolute Gasteiger partial charge is 0.251 e. The van der Waals surface area contributed by atoms with Crippen molar-refractivity contribution in [2.75, 3.05) is 0 Å². The predicted octanol–water partition coefficient (Wildman–Crippen LogP) is 11.8. The van der Waals surface area contributed by atoms with Gasteiger partial charge in [-0.25, -0.2) is 9.97 Å². The van der Waals surface area contributed by atoms with Crippen LogP contribution in [0.5, 0.6) is 0 Å². The lowest BCUT2D eigenvalue weighted by molar-refractivity contribution is 0.691. The molecule has 250 valence electrons. The topological polar surface area (TPSA) is 51.6 Å². The van der Waals surface area contributed by atoms with Gasteiger partial charge in [-0.3, -0.25) is 9.97 Å². The first-order valence-electron chi connectivity index (χ1n) is 17.9. The molecule has 0 saturated carbocycles. The number of pyridine rings is 4. The number of nitrogens with zero attached hydrogens (tertiary/aromatic N) is 4. The second-order valence-corrected chi connectivity index (χ2v) is 14.3. The molecule has 0 amide bonds. The van der Waals surface area contributed by atoms with E-state index in [0.29, 0.717) is 0 Å². The van der Waals surface area contributed by atoms with Crippen molar-refractivity contribution < 1.29 is 0 Å². The Kier molecular flexibility index (Phi) is 7.44. The van der Waals surface area contributed by atoms with E-state index in [1.165, 1.54) is 27.8 Å². The van der Waals surface area contributed by atoms with Gasteiger partial charge in [0.2, 0.25) is 0 Å². The van der Waals surface area contributed by atoms with Gasteiger partial charge in [-0.1, -0.05) is 115 Å². The highest BCUT2D eigenvalue weighted by Crippen LogP contribution is 2.42. The Morgan fingerprint density at radius 3 is 1.17 bits per heavy atom. The molecule has 5 aromatic carbocycles. The van der Waals surface area contributed by atoms with Crippen LogP contribution in [-0.2, 0) is 5.41 Å². The Balaban J connectivity index is 1.14. The van der Waals surface area contributed by atoms with Crippen LogP contribution in [0.1, 0.15) is 46.1 Å². The van der Waals surface area contributed by atoms with Crippen molar-refractivity contribution in [3.63, 3.8) is 0 Å². The predicted molar refractivity (Wildman–Crippen MR) is 216 cm³/mol. The van der Waals surface area contributed by atoms with E-state index in [1.54, 1.807) is 0 Å². The minimum Gasteiger partial charge on any atom is -0.251 e. The van der Waals surface area contributed by atoms with Crippen LogP contribution in [0.2, 0.25) is 0 Å². The fourth-order valence-corrected chi connectivity index (χ4v) is 7.83. The molecular formula is C48H38N4. The van der Waals surface area contributed by atoms with E-state index in [-0.39, 0.29) is 0 Å². The smallest absolute Gasteiger partial charge is 0.0972 e. The van der Waals surface area contributed by atoms with Crippen molar-refractivity contribution >= 4 is 43.6 Å². The number of aryl methyl sites for hydroxylation is 4. The first-order chi connectivity index (χ1) is 25.3. The molecule has 4 heterocycles. The van der Waals surface area contributed by atoms with Crippen molar-refractivity contribution in [3.8, 4) is 22.5 Å². The van der Waals surface area contributed by atoms with E-state index in [9.17, 15) is 0 Å². The van der Waals surface area contributed by atoms with E-state index in [1.807, 2.05) is 13.8 Å². The van der Waals surface area contributed by atoms with E-state index < -0.39 is 5.41 Å². The van der Waals surface area contributed by atoms with Crippen molar-refractivity contribution in [1.82, 2.24) is 19.9 Å². The van der Waals surface area contributed by atoms with Crippen LogP contribution in [0.15, 0.2) is 140 Å². The molecule has 0 aliphatic heterocycles. The zero-order valence-corrected chi connectivity index (χ0v) is 30.1. The van der Waals surface area contributed by atoms with Crippen molar-refractivity contribution in [1.29, 1.82) is 0 Å². The van der Waals surface area contributed by atoms with Gasteiger partial charge in [0.15, 0.2) is 0 Å². The molecule has 9 rings (SSSR count). The molecule has 0 spiro atoms. The zero-order valence-electron chi connectivity index (χ0n) is 30.1. The summed E-state index contributed by atoms with van der Waals surface area (Å²) in [5.41, 5.74) is 15.6. The SMILES string of the molecule is Cc1ccc2ccc3ccc(-c4ccc(C(C)(c5ccccc5)c5ccc(-c6ccc7ccc8ccc(C)nc8c7n6)c(C)c5)cc4C)nc3c2n1. The Labute approximate surface area is 303 Å². The van der Waals surface area contributed by atoms with Crippen LogP contribution in [-0.4, -0.2) is 19.9 Å². The molecule has 0 atom stereocenters. The van der Waals surface area contributed by atoms with Gasteiger partial charge < -0.3 is 0 Å². The summed E-state index contributed by atoms with van der Waals surface area (Å²) in [5.74, 6) is 0. The number of benzene rings is 5. The van der Waals surface area contributed by atoms with E-state index in [0.717, 1.165) is 77.5 Å². The van der Waals surface area contributed by atoms with Crippen LogP contribution in [0, 0.1) is 27.7 Å². The number of fused-ring (bicyclic) bond motifs is 6. The van der Waals surface area contributed by atoms with Gasteiger partial charge in [0.25, 0.3) is 0 Å². The lowest BCUT2D eigenvalue weighted by Gasteiger charge is -2.33. The maximum Gasteiger partial charge on any atom is 0.0972 e. The van der Waals surface area contributed by atoms with Crippen molar-refractivity contribution in [2.24, 2.45) is 0 Å². The Hall–Kier alpha value is -6.26. The number of aromatic nitrogens is 4. The molecule has 0 unspecified atom stereocenters. The maximum atomic E-state index is 5.20. The molecule has 0 radical (unpaired) electrons.